The highest BCUT2D eigenvalue weighted by Crippen LogP contribution is 2.51. The molecule has 1 fully saturated rings. The first-order valence-electron chi connectivity index (χ1n) is 5.38. The van der Waals surface area contributed by atoms with Crippen LogP contribution in [0.2, 0.25) is 0 Å². The number of carbonyl (C=O) groups excluding carboxylic acids is 1. The van der Waals surface area contributed by atoms with Crippen LogP contribution in [-0.2, 0) is 10.2 Å². The average molecular weight is 256 g/mol. The molecule has 1 aromatic carbocycles. The summed E-state index contributed by atoms with van der Waals surface area (Å²) in [4.78, 5) is 11.7. The van der Waals surface area contributed by atoms with E-state index < -0.39 is 11.7 Å². The molecule has 1 heterocycles. The van der Waals surface area contributed by atoms with Gasteiger partial charge in [0.2, 0.25) is 5.91 Å². The van der Waals surface area contributed by atoms with E-state index in [1.165, 1.54) is 12.1 Å². The Hall–Kier alpha value is -1.89. The van der Waals surface area contributed by atoms with Crippen LogP contribution in [0.1, 0.15) is 18.4 Å². The normalized spacial score (nSPS) is 21.5. The first-order chi connectivity index (χ1) is 8.47. The van der Waals surface area contributed by atoms with Crippen molar-refractivity contribution in [3.8, 4) is 11.5 Å². The number of ether oxygens (including phenoxy) is 2. The summed E-state index contributed by atoms with van der Waals surface area (Å²) < 4.78 is 34.4. The summed E-state index contributed by atoms with van der Waals surface area (Å²) in [6, 6.07) is 4.35. The second-order valence-electron chi connectivity index (χ2n) is 4.38. The van der Waals surface area contributed by atoms with Crippen molar-refractivity contribution in [3.63, 3.8) is 0 Å². The number of carbonyl (C=O) groups is 1. The molecule has 2 aliphatic rings. The monoisotopic (exact) mass is 256 g/mol. The number of hydrazine groups is 1. The van der Waals surface area contributed by atoms with Crippen molar-refractivity contribution in [1.82, 2.24) is 5.43 Å². The Morgan fingerprint density at radius 3 is 2.56 bits per heavy atom. The minimum atomic E-state index is -3.65. The zero-order chi connectivity index (χ0) is 13.0. The summed E-state index contributed by atoms with van der Waals surface area (Å²) >= 11 is 0. The van der Waals surface area contributed by atoms with E-state index in [0.29, 0.717) is 18.4 Å². The van der Waals surface area contributed by atoms with E-state index in [0.717, 1.165) is 0 Å². The summed E-state index contributed by atoms with van der Waals surface area (Å²) in [5.74, 6) is 4.69. The molecule has 1 saturated carbocycles. The standard InChI is InChI=1S/C11H10F2N2O3/c12-11(13)17-7-2-1-6(5-8(7)18-11)10(3-4-10)9(16)15-14/h1-2,5H,3-4,14H2,(H,15,16). The van der Waals surface area contributed by atoms with Gasteiger partial charge in [0.1, 0.15) is 0 Å². The van der Waals surface area contributed by atoms with Crippen molar-refractivity contribution >= 4 is 5.91 Å². The highest BCUT2D eigenvalue weighted by molar-refractivity contribution is 5.91. The zero-order valence-corrected chi connectivity index (χ0v) is 9.20. The smallest absolute Gasteiger partial charge is 0.395 e. The largest absolute Gasteiger partial charge is 0.586 e. The van der Waals surface area contributed by atoms with Crippen LogP contribution in [-0.4, -0.2) is 12.2 Å². The lowest BCUT2D eigenvalue weighted by Gasteiger charge is -2.13. The van der Waals surface area contributed by atoms with E-state index in [-0.39, 0.29) is 17.4 Å². The van der Waals surface area contributed by atoms with Gasteiger partial charge in [0.05, 0.1) is 5.41 Å². The Bertz CT molecular complexity index is 529. The molecular weight excluding hydrogens is 246 g/mol. The first kappa shape index (κ1) is 11.2. The molecule has 7 heteroatoms. The molecule has 0 saturated heterocycles. The lowest BCUT2D eigenvalue weighted by molar-refractivity contribution is -0.286. The Morgan fingerprint density at radius 2 is 1.94 bits per heavy atom. The zero-order valence-electron chi connectivity index (χ0n) is 9.20. The van der Waals surface area contributed by atoms with Crippen LogP contribution in [0.3, 0.4) is 0 Å². The Kier molecular flexibility index (Phi) is 2.07. The van der Waals surface area contributed by atoms with Crippen molar-refractivity contribution in [2.24, 2.45) is 5.84 Å². The number of nitrogens with one attached hydrogen (secondary N) is 1. The fraction of sp³-hybridized carbons (Fsp3) is 0.364. The molecule has 1 aromatic rings. The van der Waals surface area contributed by atoms with Gasteiger partial charge in [-0.3, -0.25) is 10.2 Å². The number of hydrogen-bond acceptors (Lipinski definition) is 4. The number of halogens is 2. The third-order valence-electron chi connectivity index (χ3n) is 3.27. The van der Waals surface area contributed by atoms with Gasteiger partial charge in [-0.15, -0.1) is 8.78 Å². The number of rotatable bonds is 2. The molecule has 1 aliphatic heterocycles. The minimum Gasteiger partial charge on any atom is -0.395 e. The molecule has 0 radical (unpaired) electrons. The molecule has 0 unspecified atom stereocenters. The topological polar surface area (TPSA) is 73.6 Å². The van der Waals surface area contributed by atoms with Gasteiger partial charge in [0.15, 0.2) is 11.5 Å². The summed E-state index contributed by atoms with van der Waals surface area (Å²) in [6.45, 7) is 0. The third kappa shape index (κ3) is 1.51. The van der Waals surface area contributed by atoms with E-state index in [4.69, 9.17) is 5.84 Å². The number of alkyl halides is 2. The van der Waals surface area contributed by atoms with Crippen LogP contribution in [0, 0.1) is 0 Å². The predicted octanol–water partition coefficient (Wildman–Crippen LogP) is 1.03. The molecule has 1 aliphatic carbocycles. The van der Waals surface area contributed by atoms with E-state index >= 15 is 0 Å². The number of hydrogen-bond donors (Lipinski definition) is 2. The number of amides is 1. The third-order valence-corrected chi connectivity index (χ3v) is 3.27. The highest BCUT2D eigenvalue weighted by Gasteiger charge is 2.52. The Balaban J connectivity index is 1.96. The predicted molar refractivity (Wildman–Crippen MR) is 55.9 cm³/mol. The van der Waals surface area contributed by atoms with Gasteiger partial charge >= 0.3 is 6.29 Å². The van der Waals surface area contributed by atoms with Crippen molar-refractivity contribution < 1.29 is 23.0 Å². The lowest BCUT2D eigenvalue weighted by atomic mass is 9.95. The lowest BCUT2D eigenvalue weighted by Crippen LogP contribution is -2.39. The van der Waals surface area contributed by atoms with E-state index in [2.05, 4.69) is 14.9 Å². The molecule has 96 valence electrons. The molecule has 0 atom stereocenters. The molecule has 3 N–H and O–H groups in total. The van der Waals surface area contributed by atoms with Gasteiger partial charge in [-0.25, -0.2) is 5.84 Å². The van der Waals surface area contributed by atoms with Gasteiger partial charge in [0.25, 0.3) is 0 Å². The van der Waals surface area contributed by atoms with E-state index in [9.17, 15) is 13.6 Å². The second kappa shape index (κ2) is 3.32. The van der Waals surface area contributed by atoms with Crippen LogP contribution in [0.15, 0.2) is 18.2 Å². The van der Waals surface area contributed by atoms with Gasteiger partial charge in [0, 0.05) is 0 Å². The van der Waals surface area contributed by atoms with Crippen LogP contribution in [0.4, 0.5) is 8.78 Å². The van der Waals surface area contributed by atoms with E-state index in [1.807, 2.05) is 0 Å². The van der Waals surface area contributed by atoms with Crippen molar-refractivity contribution in [2.75, 3.05) is 0 Å². The number of nitrogens with two attached hydrogens (primary N) is 1. The Morgan fingerprint density at radius 1 is 1.28 bits per heavy atom. The van der Waals surface area contributed by atoms with Crippen molar-refractivity contribution in [3.05, 3.63) is 23.8 Å². The SMILES string of the molecule is NNC(=O)C1(c2ccc3c(c2)OC(F)(F)O3)CC1. The quantitative estimate of drug-likeness (QED) is 0.471. The summed E-state index contributed by atoms with van der Waals surface area (Å²) in [6.07, 6.45) is -2.38. The van der Waals surface area contributed by atoms with Gasteiger partial charge in [-0.05, 0) is 30.5 Å². The van der Waals surface area contributed by atoms with Crippen LogP contribution in [0.5, 0.6) is 11.5 Å². The molecular formula is C11H10F2N2O3. The molecule has 18 heavy (non-hydrogen) atoms. The Labute approximate surface area is 101 Å². The molecule has 1 amide bonds. The molecule has 5 nitrogen and oxygen atoms in total. The second-order valence-corrected chi connectivity index (χ2v) is 4.38. The van der Waals surface area contributed by atoms with Gasteiger partial charge < -0.3 is 9.47 Å². The van der Waals surface area contributed by atoms with Crippen LogP contribution < -0.4 is 20.7 Å². The van der Waals surface area contributed by atoms with Crippen molar-refractivity contribution in [2.45, 2.75) is 24.6 Å². The molecule has 0 aromatic heterocycles. The minimum absolute atomic E-state index is 0.0345. The maximum Gasteiger partial charge on any atom is 0.586 e. The van der Waals surface area contributed by atoms with Crippen molar-refractivity contribution in [1.29, 1.82) is 0 Å². The number of fused-ring (bicyclic) bond motifs is 1. The molecule has 0 bridgehead atoms. The van der Waals surface area contributed by atoms with Gasteiger partial charge in [-0.2, -0.15) is 0 Å². The summed E-state index contributed by atoms with van der Waals surface area (Å²) in [7, 11) is 0. The fourth-order valence-electron chi connectivity index (χ4n) is 2.16. The van der Waals surface area contributed by atoms with E-state index in [1.54, 1.807) is 6.07 Å². The maximum atomic E-state index is 12.9. The molecule has 0 spiro atoms. The highest BCUT2D eigenvalue weighted by atomic mass is 19.3. The summed E-state index contributed by atoms with van der Waals surface area (Å²) in [5.41, 5.74) is 1.98. The molecule has 3 rings (SSSR count). The van der Waals surface area contributed by atoms with Crippen LogP contribution >= 0.6 is 0 Å². The maximum absolute atomic E-state index is 12.9. The average Bonchev–Trinajstić information content (AvgIpc) is 3.05. The summed E-state index contributed by atoms with van der Waals surface area (Å²) in [5, 5.41) is 0. The fourth-order valence-corrected chi connectivity index (χ4v) is 2.16. The first-order valence-corrected chi connectivity index (χ1v) is 5.38. The van der Waals surface area contributed by atoms with Crippen LogP contribution in [0.25, 0.3) is 0 Å². The number of benzene rings is 1. The van der Waals surface area contributed by atoms with Gasteiger partial charge in [-0.1, -0.05) is 6.07 Å².